The first-order chi connectivity index (χ1) is 6.68. The average molecular weight is 219 g/mol. The Labute approximate surface area is 85.5 Å². The Kier molecular flexibility index (Phi) is 4.50. The number of carbonyl (C=O) groups is 1. The highest BCUT2D eigenvalue weighted by Gasteiger charge is 2.12. The van der Waals surface area contributed by atoms with Gasteiger partial charge in [0.1, 0.15) is 12.0 Å². The molecule has 1 atom stereocenters. The minimum Gasteiger partial charge on any atom is -0.480 e. The number of nitrogens with two attached hydrogens (primary N) is 1. The molecule has 0 amide bonds. The largest absolute Gasteiger partial charge is 0.480 e. The Morgan fingerprint density at radius 1 is 1.79 bits per heavy atom. The molecule has 6 N–H and O–H groups in total. The summed E-state index contributed by atoms with van der Waals surface area (Å²) in [5.74, 6) is -0.0448. The van der Waals surface area contributed by atoms with Gasteiger partial charge in [-0.15, -0.1) is 11.8 Å². The van der Waals surface area contributed by atoms with Crippen LogP contribution in [0.3, 0.4) is 0 Å². The third-order valence-electron chi connectivity index (χ3n) is 1.43. The van der Waals surface area contributed by atoms with Gasteiger partial charge in [0.25, 0.3) is 0 Å². The van der Waals surface area contributed by atoms with Crippen LogP contribution in [0, 0.1) is 0 Å². The molecule has 14 heavy (non-hydrogen) atoms. The maximum atomic E-state index is 10.2. The van der Waals surface area contributed by atoms with Crippen LogP contribution in [0.15, 0.2) is 4.99 Å². The number of rotatable bonds is 3. The predicted octanol–water partition coefficient (Wildman–Crippen LogP) is -1.90. The van der Waals surface area contributed by atoms with Crippen molar-refractivity contribution in [2.24, 2.45) is 10.7 Å². The summed E-state index contributed by atoms with van der Waals surface area (Å²) >= 11 is 1.58. The molecule has 0 bridgehead atoms. The van der Waals surface area contributed by atoms with Crippen LogP contribution in [-0.4, -0.2) is 41.6 Å². The molecule has 7 nitrogen and oxygen atoms in total. The third-order valence-corrected chi connectivity index (χ3v) is 2.42. The minimum absolute atomic E-state index is 0.0196. The van der Waals surface area contributed by atoms with Gasteiger partial charge in [0.05, 0.1) is 0 Å². The van der Waals surface area contributed by atoms with Crippen molar-refractivity contribution in [2.75, 3.05) is 19.1 Å². The van der Waals surface area contributed by atoms with Crippen molar-refractivity contribution in [2.45, 2.75) is 5.50 Å². The van der Waals surface area contributed by atoms with Crippen molar-refractivity contribution < 1.29 is 9.90 Å². The zero-order chi connectivity index (χ0) is 10.4. The second-order valence-corrected chi connectivity index (χ2v) is 3.65. The van der Waals surface area contributed by atoms with E-state index < -0.39 is 5.97 Å². The lowest BCUT2D eigenvalue weighted by Crippen LogP contribution is -2.52. The fourth-order valence-corrected chi connectivity index (χ4v) is 1.63. The highest BCUT2D eigenvalue weighted by atomic mass is 32.2. The first-order valence-electron chi connectivity index (χ1n) is 4.02. The Morgan fingerprint density at radius 2 is 2.57 bits per heavy atom. The summed E-state index contributed by atoms with van der Waals surface area (Å²) in [6.45, 7) is 0.380. The van der Waals surface area contributed by atoms with Crippen molar-refractivity contribution in [3.05, 3.63) is 0 Å². The molecule has 0 aromatic rings. The topological polar surface area (TPSA) is 112 Å². The fraction of sp³-hybridized carbons (Fsp3) is 0.667. The first-order valence-corrected chi connectivity index (χ1v) is 5.07. The van der Waals surface area contributed by atoms with Crippen molar-refractivity contribution in [1.29, 1.82) is 0 Å². The van der Waals surface area contributed by atoms with Gasteiger partial charge in [0.2, 0.25) is 0 Å². The molecule has 1 aliphatic heterocycles. The standard InChI is InChI=1S/C6H13N5O2S/c7-5(9-1-4(12)13)11-6-10-2-8-3-14-6/h6,8,10H,1-3H2,(H,12,13)(H3,7,9,11). The number of aliphatic imine (C=N–C) groups is 1. The molecular formula is C6H13N5O2S. The number of aliphatic carboxylic acids is 1. The second-order valence-electron chi connectivity index (χ2n) is 2.56. The lowest BCUT2D eigenvalue weighted by molar-refractivity contribution is -0.135. The molecule has 8 heteroatoms. The van der Waals surface area contributed by atoms with E-state index >= 15 is 0 Å². The highest BCUT2D eigenvalue weighted by Crippen LogP contribution is 2.04. The van der Waals surface area contributed by atoms with Crippen LogP contribution in [0.4, 0.5) is 0 Å². The van der Waals surface area contributed by atoms with Gasteiger partial charge in [-0.1, -0.05) is 0 Å². The van der Waals surface area contributed by atoms with Crippen LogP contribution in [0.5, 0.6) is 0 Å². The fourth-order valence-electron chi connectivity index (χ4n) is 0.843. The molecular weight excluding hydrogens is 206 g/mol. The maximum Gasteiger partial charge on any atom is 0.325 e. The van der Waals surface area contributed by atoms with Crippen LogP contribution in [-0.2, 0) is 4.79 Å². The molecule has 1 aliphatic rings. The summed E-state index contributed by atoms with van der Waals surface area (Å²) in [5.41, 5.74) is 5.44. The quantitative estimate of drug-likeness (QED) is 0.278. The van der Waals surface area contributed by atoms with Crippen LogP contribution in [0.25, 0.3) is 0 Å². The average Bonchev–Trinajstić information content (AvgIpc) is 2.16. The van der Waals surface area contributed by atoms with E-state index in [9.17, 15) is 4.79 Å². The van der Waals surface area contributed by atoms with Gasteiger partial charge in [-0.25, -0.2) is 4.99 Å². The molecule has 80 valence electrons. The van der Waals surface area contributed by atoms with Crippen LogP contribution in [0.2, 0.25) is 0 Å². The molecule has 1 saturated heterocycles. The van der Waals surface area contributed by atoms with E-state index in [1.54, 1.807) is 11.8 Å². The lowest BCUT2D eigenvalue weighted by Gasteiger charge is -2.24. The Balaban J connectivity index is 2.27. The molecule has 1 fully saturated rings. The molecule has 0 spiro atoms. The molecule has 0 aromatic carbocycles. The monoisotopic (exact) mass is 219 g/mol. The number of guanidine groups is 1. The summed E-state index contributed by atoms with van der Waals surface area (Å²) < 4.78 is 0. The van der Waals surface area contributed by atoms with E-state index in [4.69, 9.17) is 10.8 Å². The summed E-state index contributed by atoms with van der Waals surface area (Å²) in [6, 6.07) is 0. The number of nitrogens with one attached hydrogen (secondary N) is 3. The smallest absolute Gasteiger partial charge is 0.325 e. The first kappa shape index (κ1) is 11.1. The number of carboxylic acid groups (broad SMARTS) is 1. The van der Waals surface area contributed by atoms with Gasteiger partial charge >= 0.3 is 5.97 Å². The van der Waals surface area contributed by atoms with Gasteiger partial charge in [-0.2, -0.15) is 0 Å². The molecule has 0 radical (unpaired) electrons. The molecule has 0 aliphatic carbocycles. The van der Waals surface area contributed by atoms with E-state index in [1.165, 1.54) is 0 Å². The number of thioether (sulfide) groups is 1. The zero-order valence-electron chi connectivity index (χ0n) is 7.49. The van der Waals surface area contributed by atoms with Crippen LogP contribution in [0.1, 0.15) is 0 Å². The maximum absolute atomic E-state index is 10.2. The van der Waals surface area contributed by atoms with Crippen molar-refractivity contribution >= 4 is 23.7 Å². The van der Waals surface area contributed by atoms with Gasteiger partial charge in [0.15, 0.2) is 5.96 Å². The van der Waals surface area contributed by atoms with Gasteiger partial charge in [-0.05, 0) is 0 Å². The van der Waals surface area contributed by atoms with E-state index in [2.05, 4.69) is 20.9 Å². The molecule has 1 unspecified atom stereocenters. The highest BCUT2D eigenvalue weighted by molar-refractivity contribution is 7.99. The van der Waals surface area contributed by atoms with E-state index in [0.717, 1.165) is 5.88 Å². The zero-order valence-corrected chi connectivity index (χ0v) is 8.30. The van der Waals surface area contributed by atoms with E-state index in [0.29, 0.717) is 6.67 Å². The predicted molar refractivity (Wildman–Crippen MR) is 54.6 cm³/mol. The van der Waals surface area contributed by atoms with Gasteiger partial charge in [0, 0.05) is 12.5 Å². The number of carboxylic acids is 1. The lowest BCUT2D eigenvalue weighted by atomic mass is 10.7. The van der Waals surface area contributed by atoms with Gasteiger partial charge in [-0.3, -0.25) is 15.4 Å². The van der Waals surface area contributed by atoms with Gasteiger partial charge < -0.3 is 16.2 Å². The Bertz CT molecular complexity index is 228. The Hall–Kier alpha value is -0.990. The van der Waals surface area contributed by atoms with Crippen LogP contribution >= 0.6 is 11.8 Å². The normalized spacial score (nSPS) is 23.1. The SMILES string of the molecule is NC(=NCC(=O)O)NC1NCNCS1. The second kappa shape index (κ2) is 5.68. The van der Waals surface area contributed by atoms with Crippen molar-refractivity contribution in [3.63, 3.8) is 0 Å². The molecule has 1 rings (SSSR count). The molecule has 0 aromatic heterocycles. The van der Waals surface area contributed by atoms with E-state index in [1.807, 2.05) is 0 Å². The summed E-state index contributed by atoms with van der Waals surface area (Å²) in [6.07, 6.45) is 0. The number of nitrogens with zero attached hydrogens (tertiary/aromatic N) is 1. The number of hydrogen-bond acceptors (Lipinski definition) is 5. The van der Waals surface area contributed by atoms with Crippen molar-refractivity contribution in [1.82, 2.24) is 16.0 Å². The summed E-state index contributed by atoms with van der Waals surface area (Å²) in [5, 5.41) is 17.3. The summed E-state index contributed by atoms with van der Waals surface area (Å²) in [7, 11) is 0. The Morgan fingerprint density at radius 3 is 3.14 bits per heavy atom. The molecule has 0 saturated carbocycles. The molecule has 1 heterocycles. The van der Waals surface area contributed by atoms with Crippen LogP contribution < -0.4 is 21.7 Å². The third kappa shape index (κ3) is 4.30. The van der Waals surface area contributed by atoms with E-state index in [-0.39, 0.29) is 18.0 Å². The minimum atomic E-state index is -0.999. The summed E-state index contributed by atoms with van der Waals surface area (Å²) in [4.78, 5) is 13.8. The van der Waals surface area contributed by atoms with Crippen molar-refractivity contribution in [3.8, 4) is 0 Å². The number of hydrogen-bond donors (Lipinski definition) is 5.